The molecule has 0 spiro atoms. The molecule has 0 saturated carbocycles. The van der Waals surface area contributed by atoms with Gasteiger partial charge in [-0.05, 0) is 29.1 Å². The molecule has 0 bridgehead atoms. The van der Waals surface area contributed by atoms with Crippen LogP contribution in [0.15, 0.2) is 60.8 Å². The van der Waals surface area contributed by atoms with Gasteiger partial charge in [0.2, 0.25) is 11.8 Å². The Morgan fingerprint density at radius 1 is 1.03 bits per heavy atom. The van der Waals surface area contributed by atoms with Gasteiger partial charge in [0, 0.05) is 49.9 Å². The predicted molar refractivity (Wildman–Crippen MR) is 114 cm³/mol. The van der Waals surface area contributed by atoms with Gasteiger partial charge in [-0.15, -0.1) is 0 Å². The summed E-state index contributed by atoms with van der Waals surface area (Å²) in [6.07, 6.45) is 2.05. The van der Waals surface area contributed by atoms with Gasteiger partial charge < -0.3 is 20.5 Å². The van der Waals surface area contributed by atoms with Crippen LogP contribution in [0.2, 0.25) is 0 Å². The summed E-state index contributed by atoms with van der Waals surface area (Å²) in [6, 6.07) is 17.2. The summed E-state index contributed by atoms with van der Waals surface area (Å²) in [5, 5.41) is 6.68. The SMILES string of the molecule is O=C(NCCNC(=O)[C@@H]1CC(=O)N(Cc2ccccc2)C1)c1ccc2cc[nH]c2c1. The number of aromatic nitrogens is 1. The minimum Gasteiger partial charge on any atom is -0.361 e. The van der Waals surface area contributed by atoms with Gasteiger partial charge in [0.15, 0.2) is 0 Å². The van der Waals surface area contributed by atoms with Crippen molar-refractivity contribution in [3.63, 3.8) is 0 Å². The Bertz CT molecular complexity index is 1060. The van der Waals surface area contributed by atoms with Crippen LogP contribution in [0, 0.1) is 5.92 Å². The molecular formula is C23H24N4O3. The van der Waals surface area contributed by atoms with E-state index in [1.54, 1.807) is 17.0 Å². The van der Waals surface area contributed by atoms with Crippen molar-refractivity contribution in [2.24, 2.45) is 5.92 Å². The molecule has 7 heteroatoms. The van der Waals surface area contributed by atoms with Crippen molar-refractivity contribution in [3.8, 4) is 0 Å². The van der Waals surface area contributed by atoms with Gasteiger partial charge in [-0.1, -0.05) is 36.4 Å². The number of hydrogen-bond donors (Lipinski definition) is 3. The normalized spacial score (nSPS) is 16.1. The Kier molecular flexibility index (Phi) is 5.79. The molecule has 2 aromatic carbocycles. The second-order valence-corrected chi connectivity index (χ2v) is 7.49. The molecular weight excluding hydrogens is 380 g/mol. The largest absolute Gasteiger partial charge is 0.361 e. The summed E-state index contributed by atoms with van der Waals surface area (Å²) < 4.78 is 0. The summed E-state index contributed by atoms with van der Waals surface area (Å²) in [5.41, 5.74) is 2.52. The van der Waals surface area contributed by atoms with Crippen molar-refractivity contribution in [1.29, 1.82) is 0 Å². The van der Waals surface area contributed by atoms with E-state index in [1.807, 2.05) is 48.7 Å². The number of aromatic amines is 1. The Morgan fingerprint density at radius 2 is 1.83 bits per heavy atom. The van der Waals surface area contributed by atoms with Crippen molar-refractivity contribution in [1.82, 2.24) is 20.5 Å². The molecule has 1 aromatic heterocycles. The second kappa shape index (κ2) is 8.82. The molecule has 1 fully saturated rings. The summed E-state index contributed by atoms with van der Waals surface area (Å²) in [7, 11) is 0. The molecule has 1 atom stereocenters. The van der Waals surface area contributed by atoms with E-state index in [0.29, 0.717) is 31.7 Å². The average Bonchev–Trinajstić information content (AvgIpc) is 3.37. The Labute approximate surface area is 174 Å². The summed E-state index contributed by atoms with van der Waals surface area (Å²) >= 11 is 0. The van der Waals surface area contributed by atoms with Crippen molar-refractivity contribution in [3.05, 3.63) is 71.9 Å². The molecule has 4 rings (SSSR count). The molecule has 7 nitrogen and oxygen atoms in total. The number of amides is 3. The molecule has 0 aliphatic carbocycles. The Hall–Kier alpha value is -3.61. The van der Waals surface area contributed by atoms with E-state index < -0.39 is 0 Å². The van der Waals surface area contributed by atoms with Crippen LogP contribution in [0.3, 0.4) is 0 Å². The highest BCUT2D eigenvalue weighted by Crippen LogP contribution is 2.20. The third-order valence-corrected chi connectivity index (χ3v) is 5.33. The third-order valence-electron chi connectivity index (χ3n) is 5.33. The molecule has 1 saturated heterocycles. The van der Waals surface area contributed by atoms with Gasteiger partial charge in [-0.2, -0.15) is 0 Å². The van der Waals surface area contributed by atoms with Crippen LogP contribution >= 0.6 is 0 Å². The number of likely N-dealkylation sites (tertiary alicyclic amines) is 1. The van der Waals surface area contributed by atoms with E-state index in [4.69, 9.17) is 0 Å². The first-order chi connectivity index (χ1) is 14.6. The van der Waals surface area contributed by atoms with Gasteiger partial charge in [0.05, 0.1) is 5.92 Å². The predicted octanol–water partition coefficient (Wildman–Crippen LogP) is 2.06. The summed E-state index contributed by atoms with van der Waals surface area (Å²) in [4.78, 5) is 41.7. The molecule has 154 valence electrons. The van der Waals surface area contributed by atoms with E-state index in [9.17, 15) is 14.4 Å². The minimum atomic E-state index is -0.354. The Balaban J connectivity index is 1.21. The van der Waals surface area contributed by atoms with E-state index in [2.05, 4.69) is 15.6 Å². The zero-order chi connectivity index (χ0) is 20.9. The molecule has 30 heavy (non-hydrogen) atoms. The van der Waals surface area contributed by atoms with Crippen LogP contribution in [0.1, 0.15) is 22.3 Å². The van der Waals surface area contributed by atoms with Gasteiger partial charge in [-0.25, -0.2) is 0 Å². The van der Waals surface area contributed by atoms with Gasteiger partial charge in [0.1, 0.15) is 0 Å². The number of benzene rings is 2. The monoisotopic (exact) mass is 404 g/mol. The van der Waals surface area contributed by atoms with Gasteiger partial charge in [0.25, 0.3) is 5.91 Å². The number of carbonyl (C=O) groups is 3. The maximum Gasteiger partial charge on any atom is 0.251 e. The number of carbonyl (C=O) groups excluding carboxylic acids is 3. The van der Waals surface area contributed by atoms with E-state index in [-0.39, 0.29) is 30.1 Å². The lowest BCUT2D eigenvalue weighted by atomic mass is 10.1. The lowest BCUT2D eigenvalue weighted by molar-refractivity contribution is -0.129. The minimum absolute atomic E-state index is 0.00739. The topological polar surface area (TPSA) is 94.3 Å². The number of H-pyrrole nitrogens is 1. The summed E-state index contributed by atoms with van der Waals surface area (Å²) in [6.45, 7) is 1.58. The maximum absolute atomic E-state index is 12.4. The zero-order valence-corrected chi connectivity index (χ0v) is 16.6. The molecule has 3 aromatic rings. The lowest BCUT2D eigenvalue weighted by Gasteiger charge is -2.16. The first-order valence-electron chi connectivity index (χ1n) is 10.0. The van der Waals surface area contributed by atoms with Crippen molar-refractivity contribution >= 4 is 28.6 Å². The number of fused-ring (bicyclic) bond motifs is 1. The van der Waals surface area contributed by atoms with Crippen LogP contribution in [0.25, 0.3) is 10.9 Å². The fourth-order valence-electron chi connectivity index (χ4n) is 3.70. The highest BCUT2D eigenvalue weighted by molar-refractivity contribution is 5.98. The lowest BCUT2D eigenvalue weighted by Crippen LogP contribution is -2.38. The van der Waals surface area contributed by atoms with Crippen LogP contribution in [0.5, 0.6) is 0 Å². The molecule has 0 radical (unpaired) electrons. The number of hydrogen-bond acceptors (Lipinski definition) is 3. The van der Waals surface area contributed by atoms with Crippen molar-refractivity contribution in [2.45, 2.75) is 13.0 Å². The van der Waals surface area contributed by atoms with Crippen LogP contribution in [-0.4, -0.2) is 47.2 Å². The van der Waals surface area contributed by atoms with E-state index in [1.165, 1.54) is 0 Å². The molecule has 3 N–H and O–H groups in total. The first-order valence-corrected chi connectivity index (χ1v) is 10.0. The van der Waals surface area contributed by atoms with Crippen molar-refractivity contribution < 1.29 is 14.4 Å². The van der Waals surface area contributed by atoms with Crippen LogP contribution < -0.4 is 10.6 Å². The second-order valence-electron chi connectivity index (χ2n) is 7.49. The molecule has 2 heterocycles. The summed E-state index contributed by atoms with van der Waals surface area (Å²) in [5.74, 6) is -0.703. The Morgan fingerprint density at radius 3 is 2.67 bits per heavy atom. The number of rotatable bonds is 7. The zero-order valence-electron chi connectivity index (χ0n) is 16.6. The highest BCUT2D eigenvalue weighted by Gasteiger charge is 2.33. The molecule has 1 aliphatic heterocycles. The molecule has 0 unspecified atom stereocenters. The van der Waals surface area contributed by atoms with Crippen LogP contribution in [-0.2, 0) is 16.1 Å². The van der Waals surface area contributed by atoms with E-state index in [0.717, 1.165) is 16.5 Å². The fourth-order valence-corrected chi connectivity index (χ4v) is 3.70. The number of nitrogens with zero attached hydrogens (tertiary/aromatic N) is 1. The van der Waals surface area contributed by atoms with Crippen LogP contribution in [0.4, 0.5) is 0 Å². The highest BCUT2D eigenvalue weighted by atomic mass is 16.2. The average molecular weight is 404 g/mol. The smallest absolute Gasteiger partial charge is 0.251 e. The molecule has 1 aliphatic rings. The maximum atomic E-state index is 12.4. The van der Waals surface area contributed by atoms with Gasteiger partial charge in [-0.3, -0.25) is 14.4 Å². The van der Waals surface area contributed by atoms with Gasteiger partial charge >= 0.3 is 0 Å². The third kappa shape index (κ3) is 4.51. The quantitative estimate of drug-likeness (QED) is 0.526. The van der Waals surface area contributed by atoms with Crippen molar-refractivity contribution in [2.75, 3.05) is 19.6 Å². The van der Waals surface area contributed by atoms with E-state index >= 15 is 0 Å². The number of nitrogens with one attached hydrogen (secondary N) is 3. The standard InChI is InChI=1S/C23H24N4O3/c28-21-13-19(15-27(21)14-16-4-2-1-3-5-16)23(30)26-11-10-25-22(29)18-7-6-17-8-9-24-20(17)12-18/h1-9,12,19,24H,10-11,13-15H2,(H,25,29)(H,26,30)/t19-/m1/s1. The molecule has 3 amide bonds. The first kappa shape index (κ1) is 19.7. The fraction of sp³-hybridized carbons (Fsp3) is 0.261.